The Morgan fingerprint density at radius 2 is 2.00 bits per heavy atom. The molecular weight excluding hydrogens is 456 g/mol. The molecule has 0 fully saturated rings. The van der Waals surface area contributed by atoms with E-state index in [2.05, 4.69) is 20.0 Å². The summed E-state index contributed by atoms with van der Waals surface area (Å²) in [4.78, 5) is 19.8. The standard InChI is InChI=1S/C20H13F6N5O2/c1-19(6-14(16(22)23)33-18(28)31-19)11-5-10(2-3-13(11)21)30-17(32)15-12(20(24,25)26)4-9(7-27)8-29-15/h2-6,8,16H,1H3,(H2,28,31)(H,30,32)/t19-/m0/s1. The number of amides is 1. The third kappa shape index (κ3) is 4.89. The third-order valence-electron chi connectivity index (χ3n) is 4.51. The molecule has 0 unspecified atom stereocenters. The number of nitriles is 1. The summed E-state index contributed by atoms with van der Waals surface area (Å²) >= 11 is 0. The summed E-state index contributed by atoms with van der Waals surface area (Å²) in [5.74, 6) is -3.07. The molecule has 0 saturated heterocycles. The minimum atomic E-state index is -4.99. The molecule has 1 aromatic heterocycles. The van der Waals surface area contributed by atoms with Crippen molar-refractivity contribution < 1.29 is 35.9 Å². The first-order valence-electron chi connectivity index (χ1n) is 8.97. The quantitative estimate of drug-likeness (QED) is 0.656. The molecular formula is C20H13F6N5O2. The van der Waals surface area contributed by atoms with Crippen LogP contribution < -0.4 is 11.1 Å². The highest BCUT2D eigenvalue weighted by Gasteiger charge is 2.37. The summed E-state index contributed by atoms with van der Waals surface area (Å²) in [7, 11) is 0. The van der Waals surface area contributed by atoms with Gasteiger partial charge < -0.3 is 15.8 Å². The van der Waals surface area contributed by atoms with E-state index in [1.165, 1.54) is 13.0 Å². The van der Waals surface area contributed by atoms with E-state index in [1.54, 1.807) is 0 Å². The van der Waals surface area contributed by atoms with E-state index in [0.29, 0.717) is 6.07 Å². The number of rotatable bonds is 4. The van der Waals surface area contributed by atoms with E-state index in [1.807, 2.05) is 0 Å². The molecule has 1 aliphatic heterocycles. The molecule has 0 bridgehead atoms. The lowest BCUT2D eigenvalue weighted by Gasteiger charge is -2.28. The van der Waals surface area contributed by atoms with Gasteiger partial charge in [0.1, 0.15) is 23.1 Å². The van der Waals surface area contributed by atoms with E-state index in [9.17, 15) is 31.1 Å². The van der Waals surface area contributed by atoms with Gasteiger partial charge in [0.15, 0.2) is 5.76 Å². The first-order valence-corrected chi connectivity index (χ1v) is 8.97. The average Bonchev–Trinajstić information content (AvgIpc) is 2.73. The van der Waals surface area contributed by atoms with Crippen LogP contribution in [0.1, 0.15) is 34.1 Å². The van der Waals surface area contributed by atoms with Gasteiger partial charge in [-0.3, -0.25) is 4.79 Å². The van der Waals surface area contributed by atoms with Crippen molar-refractivity contribution in [2.75, 3.05) is 5.32 Å². The van der Waals surface area contributed by atoms with Gasteiger partial charge >= 0.3 is 6.18 Å². The Morgan fingerprint density at radius 3 is 2.61 bits per heavy atom. The number of hydrogen-bond donors (Lipinski definition) is 2. The molecule has 2 heterocycles. The number of halogens is 6. The summed E-state index contributed by atoms with van der Waals surface area (Å²) in [6.07, 6.45) is -6.44. The number of ether oxygens (including phenoxy) is 1. The van der Waals surface area contributed by atoms with Crippen LogP contribution in [0.15, 0.2) is 47.3 Å². The minimum absolute atomic E-state index is 0.177. The lowest BCUT2D eigenvalue weighted by atomic mass is 9.90. The molecule has 1 amide bonds. The molecule has 1 atom stereocenters. The lowest BCUT2D eigenvalue weighted by Crippen LogP contribution is -2.32. The van der Waals surface area contributed by atoms with Crippen molar-refractivity contribution in [2.45, 2.75) is 25.1 Å². The van der Waals surface area contributed by atoms with Crippen LogP contribution >= 0.6 is 0 Å². The summed E-state index contributed by atoms with van der Waals surface area (Å²) in [6, 6.07) is 4.23. The van der Waals surface area contributed by atoms with Gasteiger partial charge in [0.2, 0.25) is 0 Å². The van der Waals surface area contributed by atoms with Gasteiger partial charge in [0.05, 0.1) is 11.1 Å². The molecule has 0 radical (unpaired) electrons. The monoisotopic (exact) mass is 469 g/mol. The number of alkyl halides is 5. The maximum Gasteiger partial charge on any atom is 0.418 e. The zero-order valence-electron chi connectivity index (χ0n) is 16.5. The predicted molar refractivity (Wildman–Crippen MR) is 102 cm³/mol. The van der Waals surface area contributed by atoms with Crippen LogP contribution in [-0.2, 0) is 16.5 Å². The number of anilines is 1. The van der Waals surface area contributed by atoms with Gasteiger partial charge in [-0.1, -0.05) is 0 Å². The zero-order chi connectivity index (χ0) is 24.6. The maximum absolute atomic E-state index is 14.5. The second kappa shape index (κ2) is 8.45. The van der Waals surface area contributed by atoms with Crippen LogP contribution in [-0.4, -0.2) is 23.3 Å². The van der Waals surface area contributed by atoms with Crippen LogP contribution in [0.3, 0.4) is 0 Å². The molecule has 13 heteroatoms. The Morgan fingerprint density at radius 1 is 1.30 bits per heavy atom. The zero-order valence-corrected chi connectivity index (χ0v) is 16.5. The van der Waals surface area contributed by atoms with Crippen LogP contribution in [0.2, 0.25) is 0 Å². The van der Waals surface area contributed by atoms with Crippen LogP contribution in [0, 0.1) is 17.1 Å². The van der Waals surface area contributed by atoms with E-state index in [4.69, 9.17) is 11.0 Å². The van der Waals surface area contributed by atoms with Gasteiger partial charge in [-0.05, 0) is 37.3 Å². The van der Waals surface area contributed by atoms with Crippen molar-refractivity contribution in [1.82, 2.24) is 4.98 Å². The minimum Gasteiger partial charge on any atom is -0.425 e. The maximum atomic E-state index is 14.5. The number of aliphatic imine (C=N–C) groups is 1. The lowest BCUT2D eigenvalue weighted by molar-refractivity contribution is -0.138. The fraction of sp³-hybridized carbons (Fsp3) is 0.200. The van der Waals surface area contributed by atoms with Crippen LogP contribution in [0.5, 0.6) is 0 Å². The highest BCUT2D eigenvalue weighted by atomic mass is 19.4. The van der Waals surface area contributed by atoms with E-state index in [-0.39, 0.29) is 11.3 Å². The topological polar surface area (TPSA) is 113 Å². The predicted octanol–water partition coefficient (Wildman–Crippen LogP) is 4.07. The highest BCUT2D eigenvalue weighted by molar-refractivity contribution is 6.04. The molecule has 3 N–H and O–H groups in total. The molecule has 0 aliphatic carbocycles. The fourth-order valence-electron chi connectivity index (χ4n) is 3.06. The number of nitrogens with one attached hydrogen (secondary N) is 1. The Balaban J connectivity index is 2.00. The molecule has 33 heavy (non-hydrogen) atoms. The highest BCUT2D eigenvalue weighted by Crippen LogP contribution is 2.36. The van der Waals surface area contributed by atoms with Crippen molar-refractivity contribution in [3.8, 4) is 6.07 Å². The number of hydrogen-bond acceptors (Lipinski definition) is 6. The number of benzene rings is 1. The second-order valence-corrected chi connectivity index (χ2v) is 6.93. The molecule has 1 aromatic carbocycles. The Kier molecular flexibility index (Phi) is 6.04. The Labute approximate surface area is 182 Å². The first-order chi connectivity index (χ1) is 15.3. The smallest absolute Gasteiger partial charge is 0.418 e. The van der Waals surface area contributed by atoms with Gasteiger partial charge in [-0.25, -0.2) is 23.1 Å². The second-order valence-electron chi connectivity index (χ2n) is 6.93. The van der Waals surface area contributed by atoms with Crippen molar-refractivity contribution in [2.24, 2.45) is 10.7 Å². The number of pyridine rings is 1. The molecule has 172 valence electrons. The SMILES string of the molecule is C[C@@]1(c2cc(NC(=O)c3ncc(C#N)cc3C(F)(F)F)ccc2F)C=C(C(F)F)OC(N)=N1. The number of aromatic nitrogens is 1. The van der Waals surface area contributed by atoms with Crippen molar-refractivity contribution in [3.63, 3.8) is 0 Å². The first kappa shape index (κ1) is 23.6. The molecule has 1 aliphatic rings. The van der Waals surface area contributed by atoms with Gasteiger partial charge in [0, 0.05) is 17.4 Å². The van der Waals surface area contributed by atoms with E-state index < -0.39 is 58.5 Å². The van der Waals surface area contributed by atoms with Crippen LogP contribution in [0.25, 0.3) is 0 Å². The van der Waals surface area contributed by atoms with Gasteiger partial charge in [-0.15, -0.1) is 0 Å². The molecule has 0 spiro atoms. The number of nitrogens with two attached hydrogens (primary N) is 1. The van der Waals surface area contributed by atoms with Crippen molar-refractivity contribution in [1.29, 1.82) is 5.26 Å². The number of nitrogens with zero attached hydrogens (tertiary/aromatic N) is 3. The summed E-state index contributed by atoms with van der Waals surface area (Å²) in [5.41, 5.74) is 0.300. The Bertz CT molecular complexity index is 1220. The third-order valence-corrected chi connectivity index (χ3v) is 4.51. The Hall–Kier alpha value is -4.08. The normalized spacial score (nSPS) is 18.2. The number of amidine groups is 1. The van der Waals surface area contributed by atoms with Crippen molar-refractivity contribution >= 4 is 17.6 Å². The van der Waals surface area contributed by atoms with Crippen molar-refractivity contribution in [3.05, 3.63) is 70.5 Å². The van der Waals surface area contributed by atoms with Gasteiger partial charge in [0.25, 0.3) is 18.4 Å². The molecule has 2 aromatic rings. The average molecular weight is 469 g/mol. The summed E-state index contributed by atoms with van der Waals surface area (Å²) in [5, 5.41) is 10.9. The van der Waals surface area contributed by atoms with Gasteiger partial charge in [-0.2, -0.15) is 18.4 Å². The van der Waals surface area contributed by atoms with E-state index in [0.717, 1.165) is 30.5 Å². The number of carbonyl (C=O) groups excluding carboxylic acids is 1. The number of allylic oxidation sites excluding steroid dienone is 1. The molecule has 0 saturated carbocycles. The summed E-state index contributed by atoms with van der Waals surface area (Å²) < 4.78 is 85.4. The van der Waals surface area contributed by atoms with Crippen LogP contribution in [0.4, 0.5) is 32.0 Å². The largest absolute Gasteiger partial charge is 0.425 e. The fourth-order valence-corrected chi connectivity index (χ4v) is 3.06. The number of carbonyl (C=O) groups is 1. The summed E-state index contributed by atoms with van der Waals surface area (Å²) in [6.45, 7) is 1.25. The van der Waals surface area contributed by atoms with E-state index >= 15 is 0 Å². The molecule has 7 nitrogen and oxygen atoms in total. The molecule has 3 rings (SSSR count).